The van der Waals surface area contributed by atoms with Crippen molar-refractivity contribution in [1.29, 1.82) is 0 Å². The van der Waals surface area contributed by atoms with Gasteiger partial charge in [-0.3, -0.25) is 14.9 Å². The maximum absolute atomic E-state index is 10.4. The van der Waals surface area contributed by atoms with E-state index in [1.165, 1.54) is 0 Å². The molecule has 1 aromatic carbocycles. The fourth-order valence-electron chi connectivity index (χ4n) is 0.801. The predicted molar refractivity (Wildman–Crippen MR) is 50.7 cm³/mol. The Morgan fingerprint density at radius 3 is 2.62 bits per heavy atom. The van der Waals surface area contributed by atoms with Crippen molar-refractivity contribution >= 4 is 36.2 Å². The van der Waals surface area contributed by atoms with Crippen LogP contribution in [-0.2, 0) is 0 Å². The minimum absolute atomic E-state index is 0.0969. The maximum Gasteiger partial charge on any atom is 0.271 e. The smallest absolute Gasteiger partial charge is 0.271 e. The zero-order valence-electron chi connectivity index (χ0n) is 6.23. The van der Waals surface area contributed by atoms with Crippen molar-refractivity contribution in [1.82, 2.24) is 0 Å². The van der Waals surface area contributed by atoms with Crippen molar-refractivity contribution in [2.75, 3.05) is 0 Å². The highest BCUT2D eigenvalue weighted by Crippen LogP contribution is 2.28. The number of thiol groups is 1. The molecule has 0 radical (unpaired) electrons. The van der Waals surface area contributed by atoms with E-state index < -0.39 is 4.92 Å². The molecule has 0 spiro atoms. The molecule has 0 unspecified atom stereocenters. The third kappa shape index (κ3) is 1.99. The van der Waals surface area contributed by atoms with E-state index in [9.17, 15) is 14.9 Å². The number of benzene rings is 1. The van der Waals surface area contributed by atoms with Crippen LogP contribution in [0.3, 0.4) is 0 Å². The lowest BCUT2D eigenvalue weighted by molar-refractivity contribution is -0.384. The van der Waals surface area contributed by atoms with E-state index in [4.69, 9.17) is 11.6 Å². The second-order valence-electron chi connectivity index (χ2n) is 2.24. The fraction of sp³-hybridized carbons (Fsp3) is 0. The Balaban J connectivity index is 3.38. The van der Waals surface area contributed by atoms with Gasteiger partial charge in [0.15, 0.2) is 6.29 Å². The molecule has 0 aliphatic carbocycles. The lowest BCUT2D eigenvalue weighted by atomic mass is 10.2. The molecule has 1 aromatic rings. The number of halogens is 1. The second kappa shape index (κ2) is 3.76. The number of nitro benzene ring substituents is 1. The minimum atomic E-state index is -0.619. The van der Waals surface area contributed by atoms with Gasteiger partial charge in [-0.2, -0.15) is 0 Å². The molecule has 13 heavy (non-hydrogen) atoms. The molecule has 4 nitrogen and oxygen atoms in total. The first-order valence-corrected chi connectivity index (χ1v) is 4.01. The highest BCUT2D eigenvalue weighted by atomic mass is 35.5. The number of rotatable bonds is 2. The fourth-order valence-corrected chi connectivity index (χ4v) is 1.20. The minimum Gasteiger partial charge on any atom is -0.298 e. The number of hydrogen-bond donors (Lipinski definition) is 1. The van der Waals surface area contributed by atoms with Crippen LogP contribution in [0.1, 0.15) is 10.4 Å². The van der Waals surface area contributed by atoms with Crippen molar-refractivity contribution in [2.24, 2.45) is 0 Å². The van der Waals surface area contributed by atoms with Crippen LogP contribution >= 0.6 is 24.2 Å². The van der Waals surface area contributed by atoms with Crippen LogP contribution in [0, 0.1) is 10.1 Å². The number of carbonyl (C=O) groups excluding carboxylic acids is 1. The molecule has 0 saturated carbocycles. The van der Waals surface area contributed by atoms with Crippen LogP contribution < -0.4 is 0 Å². The molecule has 0 heterocycles. The summed E-state index contributed by atoms with van der Waals surface area (Å²) in [5, 5.41) is 10.4. The zero-order valence-corrected chi connectivity index (χ0v) is 7.88. The Morgan fingerprint density at radius 1 is 1.54 bits per heavy atom. The molecular weight excluding hydrogens is 214 g/mol. The summed E-state index contributed by atoms with van der Waals surface area (Å²) in [7, 11) is 0. The van der Waals surface area contributed by atoms with Crippen molar-refractivity contribution < 1.29 is 9.72 Å². The van der Waals surface area contributed by atoms with E-state index in [0.717, 1.165) is 12.1 Å². The molecule has 0 aliphatic heterocycles. The monoisotopic (exact) mass is 217 g/mol. The van der Waals surface area contributed by atoms with E-state index in [0.29, 0.717) is 6.29 Å². The van der Waals surface area contributed by atoms with Crippen molar-refractivity contribution in [3.63, 3.8) is 0 Å². The van der Waals surface area contributed by atoms with Crippen LogP contribution in [0.5, 0.6) is 0 Å². The van der Waals surface area contributed by atoms with Gasteiger partial charge in [0.25, 0.3) is 5.69 Å². The van der Waals surface area contributed by atoms with Crippen LogP contribution in [0.15, 0.2) is 17.0 Å². The Morgan fingerprint density at radius 2 is 2.15 bits per heavy atom. The third-order valence-corrected chi connectivity index (χ3v) is 2.34. The average Bonchev–Trinajstić information content (AvgIpc) is 2.09. The van der Waals surface area contributed by atoms with Crippen LogP contribution in [0.25, 0.3) is 0 Å². The average molecular weight is 218 g/mol. The number of hydrogen-bond acceptors (Lipinski definition) is 4. The van der Waals surface area contributed by atoms with Gasteiger partial charge in [0, 0.05) is 22.6 Å². The standard InChI is InChI=1S/C7H4ClNO3S/c8-6-2-5(9(11)12)1-4(3-10)7(6)13/h1-3,13H. The predicted octanol–water partition coefficient (Wildman–Crippen LogP) is 2.35. The van der Waals surface area contributed by atoms with Gasteiger partial charge in [-0.05, 0) is 0 Å². The van der Waals surface area contributed by atoms with Crippen molar-refractivity contribution in [3.05, 3.63) is 32.8 Å². The quantitative estimate of drug-likeness (QED) is 0.358. The molecule has 1 rings (SSSR count). The first-order valence-electron chi connectivity index (χ1n) is 3.18. The normalized spacial score (nSPS) is 9.69. The SMILES string of the molecule is O=Cc1cc([N+](=O)[O-])cc(Cl)c1S. The van der Waals surface area contributed by atoms with E-state index in [-0.39, 0.29) is 21.2 Å². The van der Waals surface area contributed by atoms with Gasteiger partial charge in [-0.1, -0.05) is 11.6 Å². The molecule has 6 heteroatoms. The summed E-state index contributed by atoms with van der Waals surface area (Å²) in [5.74, 6) is 0. The van der Waals surface area contributed by atoms with E-state index >= 15 is 0 Å². The lowest BCUT2D eigenvalue weighted by Crippen LogP contribution is -1.91. The van der Waals surface area contributed by atoms with Gasteiger partial charge < -0.3 is 0 Å². The third-order valence-electron chi connectivity index (χ3n) is 1.42. The summed E-state index contributed by atoms with van der Waals surface area (Å²) in [4.78, 5) is 20.4. The molecule has 0 atom stereocenters. The summed E-state index contributed by atoms with van der Waals surface area (Å²) in [6.45, 7) is 0. The molecule has 0 aliphatic rings. The summed E-state index contributed by atoms with van der Waals surface area (Å²) in [6.07, 6.45) is 0.473. The molecule has 0 fully saturated rings. The number of nitrogens with zero attached hydrogens (tertiary/aromatic N) is 1. The topological polar surface area (TPSA) is 60.2 Å². The highest BCUT2D eigenvalue weighted by molar-refractivity contribution is 7.80. The number of aldehydes is 1. The highest BCUT2D eigenvalue weighted by Gasteiger charge is 2.12. The number of nitro groups is 1. The summed E-state index contributed by atoms with van der Waals surface area (Å²) >= 11 is 9.52. The van der Waals surface area contributed by atoms with Gasteiger partial charge >= 0.3 is 0 Å². The van der Waals surface area contributed by atoms with E-state index in [1.54, 1.807) is 0 Å². The van der Waals surface area contributed by atoms with Gasteiger partial charge in [-0.15, -0.1) is 12.6 Å². The first-order chi connectivity index (χ1) is 6.06. The van der Waals surface area contributed by atoms with Crippen LogP contribution in [0.2, 0.25) is 5.02 Å². The van der Waals surface area contributed by atoms with Gasteiger partial charge in [0.05, 0.1) is 9.95 Å². The first kappa shape index (κ1) is 10.0. The molecular formula is C7H4ClNO3S. The molecule has 0 saturated heterocycles. The van der Waals surface area contributed by atoms with E-state index in [1.807, 2.05) is 0 Å². The maximum atomic E-state index is 10.4. The largest absolute Gasteiger partial charge is 0.298 e. The molecule has 0 bridgehead atoms. The number of non-ortho nitro benzene ring substituents is 1. The zero-order chi connectivity index (χ0) is 10.0. The molecule has 0 aromatic heterocycles. The van der Waals surface area contributed by atoms with E-state index in [2.05, 4.69) is 12.6 Å². The Labute approximate surface area is 84.1 Å². The van der Waals surface area contributed by atoms with Gasteiger partial charge in [-0.25, -0.2) is 0 Å². The molecule has 68 valence electrons. The van der Waals surface area contributed by atoms with Gasteiger partial charge in [0.2, 0.25) is 0 Å². The molecule has 0 N–H and O–H groups in total. The van der Waals surface area contributed by atoms with Crippen LogP contribution in [0.4, 0.5) is 5.69 Å². The van der Waals surface area contributed by atoms with Gasteiger partial charge in [0.1, 0.15) is 0 Å². The molecule has 0 amide bonds. The second-order valence-corrected chi connectivity index (χ2v) is 3.09. The lowest BCUT2D eigenvalue weighted by Gasteiger charge is -1.99. The summed E-state index contributed by atoms with van der Waals surface area (Å²) in [5.41, 5.74) is -0.104. The van der Waals surface area contributed by atoms with Crippen molar-refractivity contribution in [2.45, 2.75) is 4.90 Å². The number of carbonyl (C=O) groups is 1. The van der Waals surface area contributed by atoms with Crippen molar-refractivity contribution in [3.8, 4) is 0 Å². The Kier molecular flexibility index (Phi) is 2.90. The summed E-state index contributed by atoms with van der Waals surface area (Å²) in [6, 6.07) is 2.28. The Bertz CT molecular complexity index is 380. The van der Waals surface area contributed by atoms with Crippen LogP contribution in [-0.4, -0.2) is 11.2 Å². The summed E-state index contributed by atoms with van der Waals surface area (Å²) < 4.78 is 0. The Hall–Kier alpha value is -1.07.